The highest BCUT2D eigenvalue weighted by atomic mass is 35.5. The van der Waals surface area contributed by atoms with Gasteiger partial charge in [0.2, 0.25) is 0 Å². The number of amides is 1. The van der Waals surface area contributed by atoms with E-state index in [-0.39, 0.29) is 24.4 Å². The molecule has 3 nitrogen and oxygen atoms in total. The number of nitrogens with zero attached hydrogens (tertiary/aromatic N) is 1. The number of aryl methyl sites for hydroxylation is 1. The largest absolute Gasteiger partial charge is 0.347 e. The van der Waals surface area contributed by atoms with Gasteiger partial charge in [0, 0.05) is 17.5 Å². The first-order chi connectivity index (χ1) is 13.8. The van der Waals surface area contributed by atoms with Crippen molar-refractivity contribution in [2.24, 2.45) is 11.8 Å². The maximum Gasteiger partial charge on any atom is 0.261 e. The third-order valence-corrected chi connectivity index (χ3v) is 7.65. The molecule has 2 heterocycles. The molecule has 7 heteroatoms. The Morgan fingerprint density at radius 3 is 2.50 bits per heavy atom. The standard InChI is InChI=1S/C23H30Cl2N2OS.ClH/c1-15(2)20(26-23(28)21-8-7-16(3)29-21)14-27-11-9-17(10-12-27)13-18-5-4-6-19(24)22(18)25;/h4-8,15,17,20H,9-14H2,1-3H3,(H,26,28);1H. The van der Waals surface area contributed by atoms with Gasteiger partial charge in [-0.05, 0) is 74.9 Å². The van der Waals surface area contributed by atoms with E-state index in [0.29, 0.717) is 21.9 Å². The van der Waals surface area contributed by atoms with Crippen molar-refractivity contribution in [1.82, 2.24) is 10.2 Å². The van der Waals surface area contributed by atoms with Crippen molar-refractivity contribution in [2.45, 2.75) is 46.1 Å². The highest BCUT2D eigenvalue weighted by Crippen LogP contribution is 2.30. The predicted molar refractivity (Wildman–Crippen MR) is 132 cm³/mol. The third-order valence-electron chi connectivity index (χ3n) is 5.79. The number of halogens is 3. The Labute approximate surface area is 200 Å². The van der Waals surface area contributed by atoms with Gasteiger partial charge in [-0.1, -0.05) is 49.2 Å². The minimum atomic E-state index is 0. The number of thiophene rings is 1. The minimum absolute atomic E-state index is 0. The zero-order valence-electron chi connectivity index (χ0n) is 17.8. The minimum Gasteiger partial charge on any atom is -0.347 e. The summed E-state index contributed by atoms with van der Waals surface area (Å²) in [5, 5.41) is 4.59. The van der Waals surface area contributed by atoms with Crippen LogP contribution in [-0.2, 0) is 6.42 Å². The Morgan fingerprint density at radius 1 is 1.20 bits per heavy atom. The summed E-state index contributed by atoms with van der Waals surface area (Å²) in [6.07, 6.45) is 3.27. The van der Waals surface area contributed by atoms with E-state index in [1.807, 2.05) is 31.2 Å². The van der Waals surface area contributed by atoms with Crippen LogP contribution in [0.3, 0.4) is 0 Å². The van der Waals surface area contributed by atoms with Crippen LogP contribution < -0.4 is 5.32 Å². The van der Waals surface area contributed by atoms with Crippen LogP contribution in [-0.4, -0.2) is 36.5 Å². The molecule has 1 aromatic carbocycles. The number of benzene rings is 1. The first-order valence-electron chi connectivity index (χ1n) is 10.4. The van der Waals surface area contributed by atoms with Gasteiger partial charge in [-0.2, -0.15) is 0 Å². The highest BCUT2D eigenvalue weighted by Gasteiger charge is 2.25. The average molecular weight is 490 g/mol. The molecule has 1 unspecified atom stereocenters. The number of rotatable bonds is 7. The zero-order valence-corrected chi connectivity index (χ0v) is 20.9. The summed E-state index contributed by atoms with van der Waals surface area (Å²) in [6.45, 7) is 9.40. The first-order valence-corrected chi connectivity index (χ1v) is 11.9. The van der Waals surface area contributed by atoms with Crippen LogP contribution in [0.2, 0.25) is 10.0 Å². The van der Waals surface area contributed by atoms with Crippen molar-refractivity contribution >= 4 is 52.9 Å². The van der Waals surface area contributed by atoms with Crippen molar-refractivity contribution in [3.63, 3.8) is 0 Å². The molecule has 1 atom stereocenters. The van der Waals surface area contributed by atoms with Crippen molar-refractivity contribution < 1.29 is 4.79 Å². The Hall–Kier alpha value is -0.780. The molecule has 30 heavy (non-hydrogen) atoms. The van der Waals surface area contributed by atoms with E-state index in [1.54, 1.807) is 11.3 Å². The SMILES string of the molecule is Cc1ccc(C(=O)NC(CN2CCC(Cc3cccc(Cl)c3Cl)CC2)C(C)C)s1.Cl. The fourth-order valence-electron chi connectivity index (χ4n) is 3.89. The summed E-state index contributed by atoms with van der Waals surface area (Å²) < 4.78 is 0. The van der Waals surface area contributed by atoms with E-state index >= 15 is 0 Å². The maximum atomic E-state index is 12.6. The molecular formula is C23H31Cl3N2OS. The van der Waals surface area contributed by atoms with Crippen molar-refractivity contribution in [1.29, 1.82) is 0 Å². The van der Waals surface area contributed by atoms with Crippen LogP contribution in [0.4, 0.5) is 0 Å². The fourth-order valence-corrected chi connectivity index (χ4v) is 5.06. The second-order valence-electron chi connectivity index (χ2n) is 8.40. The predicted octanol–water partition coefficient (Wildman–Crippen LogP) is 6.49. The summed E-state index contributed by atoms with van der Waals surface area (Å²) >= 11 is 14.1. The molecule has 0 bridgehead atoms. The molecule has 1 amide bonds. The van der Waals surface area contributed by atoms with Gasteiger partial charge in [-0.25, -0.2) is 0 Å². The molecule has 1 fully saturated rings. The van der Waals surface area contributed by atoms with Crippen molar-refractivity contribution in [3.8, 4) is 0 Å². The van der Waals surface area contributed by atoms with Crippen molar-refractivity contribution in [3.05, 3.63) is 55.7 Å². The van der Waals surface area contributed by atoms with Crippen LogP contribution in [0.1, 0.15) is 46.8 Å². The lowest BCUT2D eigenvalue weighted by atomic mass is 9.89. The molecule has 1 N–H and O–H groups in total. The van der Waals surface area contributed by atoms with Crippen LogP contribution in [0.25, 0.3) is 0 Å². The smallest absolute Gasteiger partial charge is 0.261 e. The van der Waals surface area contributed by atoms with Crippen molar-refractivity contribution in [2.75, 3.05) is 19.6 Å². The van der Waals surface area contributed by atoms with Crippen LogP contribution in [0, 0.1) is 18.8 Å². The van der Waals surface area contributed by atoms with Gasteiger partial charge in [-0.15, -0.1) is 23.7 Å². The lowest BCUT2D eigenvalue weighted by molar-refractivity contribution is 0.0897. The number of carbonyl (C=O) groups is 1. The van der Waals surface area contributed by atoms with Gasteiger partial charge in [0.15, 0.2) is 0 Å². The molecule has 0 radical (unpaired) electrons. The Kier molecular flexibility index (Phi) is 9.96. The molecule has 0 spiro atoms. The van der Waals surface area contributed by atoms with Crippen LogP contribution >= 0.6 is 46.9 Å². The number of hydrogen-bond acceptors (Lipinski definition) is 3. The fraction of sp³-hybridized carbons (Fsp3) is 0.522. The van der Waals surface area contributed by atoms with E-state index < -0.39 is 0 Å². The van der Waals surface area contributed by atoms with E-state index in [9.17, 15) is 4.79 Å². The summed E-state index contributed by atoms with van der Waals surface area (Å²) in [6, 6.07) is 9.97. The molecular weight excluding hydrogens is 459 g/mol. The molecule has 3 rings (SSSR count). The van der Waals surface area contributed by atoms with E-state index in [0.717, 1.165) is 54.2 Å². The lowest BCUT2D eigenvalue weighted by Crippen LogP contribution is -2.48. The third kappa shape index (κ3) is 6.86. The summed E-state index contributed by atoms with van der Waals surface area (Å²) in [5.41, 5.74) is 1.15. The van der Waals surface area contributed by atoms with Crippen LogP contribution in [0.15, 0.2) is 30.3 Å². The van der Waals surface area contributed by atoms with Gasteiger partial charge in [0.05, 0.1) is 14.9 Å². The van der Waals surface area contributed by atoms with E-state index in [2.05, 4.69) is 30.1 Å². The Balaban J connectivity index is 0.00000320. The average Bonchev–Trinajstić information content (AvgIpc) is 3.13. The Bertz CT molecular complexity index is 832. The molecule has 1 saturated heterocycles. The van der Waals surface area contributed by atoms with Gasteiger partial charge in [-0.3, -0.25) is 4.79 Å². The van der Waals surface area contributed by atoms with Crippen LogP contribution in [0.5, 0.6) is 0 Å². The number of carbonyl (C=O) groups excluding carboxylic acids is 1. The molecule has 1 aromatic heterocycles. The number of hydrogen-bond donors (Lipinski definition) is 1. The van der Waals surface area contributed by atoms with Gasteiger partial charge in [0.1, 0.15) is 0 Å². The molecule has 0 aliphatic carbocycles. The molecule has 166 valence electrons. The van der Waals surface area contributed by atoms with E-state index in [1.165, 1.54) is 0 Å². The summed E-state index contributed by atoms with van der Waals surface area (Å²) in [4.78, 5) is 17.0. The topological polar surface area (TPSA) is 32.3 Å². The normalized spacial score (nSPS) is 16.3. The quantitative estimate of drug-likeness (QED) is 0.482. The second-order valence-corrected chi connectivity index (χ2v) is 10.5. The van der Waals surface area contributed by atoms with Gasteiger partial charge in [0.25, 0.3) is 5.91 Å². The monoisotopic (exact) mass is 488 g/mol. The van der Waals surface area contributed by atoms with E-state index in [4.69, 9.17) is 23.2 Å². The second kappa shape index (κ2) is 11.7. The number of piperidine rings is 1. The highest BCUT2D eigenvalue weighted by molar-refractivity contribution is 7.13. The number of likely N-dealkylation sites (tertiary alicyclic amines) is 1. The molecule has 1 aliphatic rings. The van der Waals surface area contributed by atoms with Gasteiger partial charge >= 0.3 is 0 Å². The molecule has 1 aliphatic heterocycles. The summed E-state index contributed by atoms with van der Waals surface area (Å²) in [5.74, 6) is 1.07. The molecule has 2 aromatic rings. The zero-order chi connectivity index (χ0) is 21.0. The first kappa shape index (κ1) is 25.5. The maximum absolute atomic E-state index is 12.6. The number of nitrogens with one attached hydrogen (secondary N) is 1. The summed E-state index contributed by atoms with van der Waals surface area (Å²) in [7, 11) is 0. The Morgan fingerprint density at radius 2 is 1.90 bits per heavy atom. The molecule has 0 saturated carbocycles. The lowest BCUT2D eigenvalue weighted by Gasteiger charge is -2.35. The van der Waals surface area contributed by atoms with Gasteiger partial charge < -0.3 is 10.2 Å².